The van der Waals surface area contributed by atoms with E-state index in [9.17, 15) is 8.42 Å². The first kappa shape index (κ1) is 19.1. The van der Waals surface area contributed by atoms with Crippen LogP contribution >= 0.6 is 23.2 Å². The third kappa shape index (κ3) is 6.32. The maximum atomic E-state index is 11.3. The van der Waals surface area contributed by atoms with Gasteiger partial charge in [-0.2, -0.15) is 8.42 Å². The van der Waals surface area contributed by atoms with Gasteiger partial charge >= 0.3 is 0 Å². The summed E-state index contributed by atoms with van der Waals surface area (Å²) < 4.78 is 33.2. The average molecular weight is 389 g/mol. The van der Waals surface area contributed by atoms with Gasteiger partial charge in [0.2, 0.25) is 0 Å². The van der Waals surface area contributed by atoms with E-state index in [1.165, 1.54) is 0 Å². The van der Waals surface area contributed by atoms with E-state index in [1.54, 1.807) is 18.2 Å². The zero-order valence-electron chi connectivity index (χ0n) is 13.1. The molecule has 2 rings (SSSR count). The molecule has 130 valence electrons. The molecule has 0 aliphatic carbocycles. The summed E-state index contributed by atoms with van der Waals surface area (Å²) in [6.07, 6.45) is 1.57. The summed E-state index contributed by atoms with van der Waals surface area (Å²) in [6, 6.07) is 14.5. The van der Waals surface area contributed by atoms with E-state index < -0.39 is 10.1 Å². The highest BCUT2D eigenvalue weighted by atomic mass is 35.5. The molecule has 0 fully saturated rings. The standard InChI is InChI=1S/C17H18Cl2O4S/c1-24(20,21)23-12-13(16-8-7-14(18)11-17(16)19)9-10-22-15-5-3-2-4-6-15/h2-8,11,13H,9-10,12H2,1H3/t13-/m1/s1. The highest BCUT2D eigenvalue weighted by Crippen LogP contribution is 2.30. The van der Waals surface area contributed by atoms with Crippen LogP contribution in [0.1, 0.15) is 17.9 Å². The van der Waals surface area contributed by atoms with Crippen LogP contribution in [0.25, 0.3) is 0 Å². The van der Waals surface area contributed by atoms with E-state index in [1.807, 2.05) is 30.3 Å². The number of benzene rings is 2. The van der Waals surface area contributed by atoms with Crippen LogP contribution < -0.4 is 4.74 Å². The lowest BCUT2D eigenvalue weighted by Crippen LogP contribution is -2.15. The Morgan fingerprint density at radius 3 is 2.42 bits per heavy atom. The highest BCUT2D eigenvalue weighted by Gasteiger charge is 2.18. The summed E-state index contributed by atoms with van der Waals surface area (Å²) in [5, 5.41) is 0.997. The Hall–Kier alpha value is -1.27. The molecule has 0 unspecified atom stereocenters. The third-order valence-corrected chi connectivity index (χ3v) is 4.49. The van der Waals surface area contributed by atoms with Gasteiger partial charge in [-0.3, -0.25) is 4.18 Å². The molecule has 7 heteroatoms. The Bertz CT molecular complexity index is 763. The van der Waals surface area contributed by atoms with E-state index in [0.717, 1.165) is 17.6 Å². The topological polar surface area (TPSA) is 52.6 Å². The summed E-state index contributed by atoms with van der Waals surface area (Å²) in [5.74, 6) is 0.524. The molecule has 0 saturated carbocycles. The minimum atomic E-state index is -3.54. The van der Waals surface area contributed by atoms with Gasteiger partial charge in [-0.25, -0.2) is 0 Å². The zero-order valence-corrected chi connectivity index (χ0v) is 15.4. The second-order valence-electron chi connectivity index (χ2n) is 5.30. The van der Waals surface area contributed by atoms with Crippen molar-refractivity contribution in [1.82, 2.24) is 0 Å². The number of para-hydroxylation sites is 1. The van der Waals surface area contributed by atoms with Gasteiger partial charge < -0.3 is 4.74 Å². The van der Waals surface area contributed by atoms with E-state index in [0.29, 0.717) is 23.1 Å². The largest absolute Gasteiger partial charge is 0.494 e. The molecular formula is C17H18Cl2O4S. The molecule has 24 heavy (non-hydrogen) atoms. The van der Waals surface area contributed by atoms with Crippen molar-refractivity contribution in [1.29, 1.82) is 0 Å². The molecule has 0 amide bonds. The van der Waals surface area contributed by atoms with Crippen LogP contribution in [0.4, 0.5) is 0 Å². The number of hydrogen-bond donors (Lipinski definition) is 0. The Balaban J connectivity index is 2.07. The molecule has 0 radical (unpaired) electrons. The van der Waals surface area contributed by atoms with Crippen molar-refractivity contribution in [3.63, 3.8) is 0 Å². The fourth-order valence-electron chi connectivity index (χ4n) is 2.20. The fourth-order valence-corrected chi connectivity index (χ4v) is 3.18. The molecule has 0 aromatic heterocycles. The number of hydrogen-bond acceptors (Lipinski definition) is 4. The predicted octanol–water partition coefficient (Wildman–Crippen LogP) is 4.52. The van der Waals surface area contributed by atoms with E-state index >= 15 is 0 Å². The minimum absolute atomic E-state index is 0.00165. The normalized spacial score (nSPS) is 12.8. The zero-order chi connectivity index (χ0) is 17.6. The quantitative estimate of drug-likeness (QED) is 0.623. The molecule has 0 aliphatic rings. The summed E-state index contributed by atoms with van der Waals surface area (Å²) in [5.41, 5.74) is 0.779. The molecular weight excluding hydrogens is 371 g/mol. The summed E-state index contributed by atoms with van der Waals surface area (Å²) >= 11 is 12.2. The van der Waals surface area contributed by atoms with Crippen molar-refractivity contribution in [2.75, 3.05) is 19.5 Å². The summed E-state index contributed by atoms with van der Waals surface area (Å²) in [6.45, 7) is 0.402. The smallest absolute Gasteiger partial charge is 0.264 e. The molecule has 0 aliphatic heterocycles. The SMILES string of the molecule is CS(=O)(=O)OC[C@@H](CCOc1ccccc1)c1ccc(Cl)cc1Cl. The lowest BCUT2D eigenvalue weighted by atomic mass is 9.97. The number of ether oxygens (including phenoxy) is 1. The van der Waals surface area contributed by atoms with Gasteiger partial charge in [0, 0.05) is 16.0 Å². The Labute approximate surface area is 152 Å². The van der Waals surface area contributed by atoms with Crippen LogP contribution in [0.3, 0.4) is 0 Å². The highest BCUT2D eigenvalue weighted by molar-refractivity contribution is 7.85. The summed E-state index contributed by atoms with van der Waals surface area (Å²) in [4.78, 5) is 0. The maximum Gasteiger partial charge on any atom is 0.264 e. The van der Waals surface area contributed by atoms with Gasteiger partial charge in [0.1, 0.15) is 5.75 Å². The first-order valence-corrected chi connectivity index (χ1v) is 9.89. The van der Waals surface area contributed by atoms with Crippen molar-refractivity contribution >= 4 is 33.3 Å². The molecule has 2 aromatic rings. The van der Waals surface area contributed by atoms with Crippen molar-refractivity contribution in [3.8, 4) is 5.75 Å². The van der Waals surface area contributed by atoms with Crippen LogP contribution in [0.15, 0.2) is 48.5 Å². The van der Waals surface area contributed by atoms with Crippen molar-refractivity contribution in [3.05, 3.63) is 64.1 Å². The fraction of sp³-hybridized carbons (Fsp3) is 0.294. The van der Waals surface area contributed by atoms with E-state index in [4.69, 9.17) is 32.1 Å². The second kappa shape index (κ2) is 8.72. The van der Waals surface area contributed by atoms with Gasteiger partial charge in [0.15, 0.2) is 0 Å². The molecule has 2 aromatic carbocycles. The molecule has 0 N–H and O–H groups in total. The van der Waals surface area contributed by atoms with Gasteiger partial charge in [-0.15, -0.1) is 0 Å². The first-order chi connectivity index (χ1) is 11.3. The molecule has 0 spiro atoms. The first-order valence-electron chi connectivity index (χ1n) is 7.32. The number of halogens is 2. The second-order valence-corrected chi connectivity index (χ2v) is 7.79. The molecule has 0 bridgehead atoms. The molecule has 4 nitrogen and oxygen atoms in total. The monoisotopic (exact) mass is 388 g/mol. The van der Waals surface area contributed by atoms with Crippen molar-refractivity contribution < 1.29 is 17.3 Å². The predicted molar refractivity (Wildman–Crippen MR) is 96.6 cm³/mol. The molecule has 1 atom stereocenters. The Morgan fingerprint density at radius 2 is 1.79 bits per heavy atom. The Morgan fingerprint density at radius 1 is 1.08 bits per heavy atom. The molecule has 0 saturated heterocycles. The Kier molecular flexibility index (Phi) is 6.92. The lowest BCUT2D eigenvalue weighted by molar-refractivity contribution is 0.248. The number of rotatable bonds is 8. The van der Waals surface area contributed by atoms with Gasteiger partial charge in [-0.05, 0) is 36.2 Å². The summed E-state index contributed by atoms with van der Waals surface area (Å²) in [7, 11) is -3.54. The van der Waals surface area contributed by atoms with Gasteiger partial charge in [0.25, 0.3) is 10.1 Å². The van der Waals surface area contributed by atoms with Crippen LogP contribution in [0.5, 0.6) is 5.75 Å². The van der Waals surface area contributed by atoms with Gasteiger partial charge in [-0.1, -0.05) is 47.5 Å². The van der Waals surface area contributed by atoms with E-state index in [2.05, 4.69) is 0 Å². The lowest BCUT2D eigenvalue weighted by Gasteiger charge is -2.18. The van der Waals surface area contributed by atoms with Crippen LogP contribution in [-0.2, 0) is 14.3 Å². The van der Waals surface area contributed by atoms with Crippen LogP contribution in [0.2, 0.25) is 10.0 Å². The average Bonchev–Trinajstić information content (AvgIpc) is 2.51. The van der Waals surface area contributed by atoms with Crippen LogP contribution in [0, 0.1) is 0 Å². The van der Waals surface area contributed by atoms with Crippen LogP contribution in [-0.4, -0.2) is 27.9 Å². The van der Waals surface area contributed by atoms with Crippen molar-refractivity contribution in [2.24, 2.45) is 0 Å². The minimum Gasteiger partial charge on any atom is -0.494 e. The van der Waals surface area contributed by atoms with Gasteiger partial charge in [0.05, 0.1) is 19.5 Å². The van der Waals surface area contributed by atoms with Crippen molar-refractivity contribution in [2.45, 2.75) is 12.3 Å². The molecule has 0 heterocycles. The maximum absolute atomic E-state index is 11.3. The van der Waals surface area contributed by atoms with E-state index in [-0.39, 0.29) is 12.5 Å². The third-order valence-electron chi connectivity index (χ3n) is 3.36.